The Kier molecular flexibility index (Phi) is 7.35. The van der Waals surface area contributed by atoms with E-state index in [9.17, 15) is 19.1 Å². The van der Waals surface area contributed by atoms with Crippen molar-refractivity contribution in [3.63, 3.8) is 0 Å². The summed E-state index contributed by atoms with van der Waals surface area (Å²) in [6.45, 7) is 7.61. The van der Waals surface area contributed by atoms with Gasteiger partial charge in [-0.3, -0.25) is 4.99 Å². The van der Waals surface area contributed by atoms with Crippen molar-refractivity contribution < 1.29 is 23.4 Å². The van der Waals surface area contributed by atoms with Crippen LogP contribution in [-0.4, -0.2) is 59.2 Å². The number of allylic oxidation sites excluding steroid dienone is 3. The lowest BCUT2D eigenvalue weighted by molar-refractivity contribution is -0.0508. The van der Waals surface area contributed by atoms with Crippen molar-refractivity contribution in [1.29, 1.82) is 5.26 Å². The highest BCUT2D eigenvalue weighted by molar-refractivity contribution is 6.03. The predicted octanol–water partition coefficient (Wildman–Crippen LogP) is 4.48. The fourth-order valence-corrected chi connectivity index (χ4v) is 4.49. The topological polar surface area (TPSA) is 81.3 Å². The molecule has 1 aromatic rings. The fraction of sp³-hybridized carbons (Fsp3) is 0.379. The number of aliphatic imine (C=N–C) groups is 1. The van der Waals surface area contributed by atoms with Crippen molar-refractivity contribution >= 4 is 11.5 Å². The number of fused-ring (bicyclic) bond motifs is 1. The maximum atomic E-state index is 13.5. The number of aliphatic hydroxyl groups is 1. The summed E-state index contributed by atoms with van der Waals surface area (Å²) in [4.78, 5) is 8.20. The van der Waals surface area contributed by atoms with Gasteiger partial charge in [0, 0.05) is 29.4 Å². The number of likely N-dealkylation sites (tertiary alicyclic amines) is 1. The second-order valence-electron chi connectivity index (χ2n) is 9.85. The fourth-order valence-electron chi connectivity index (χ4n) is 4.49. The molecule has 0 amide bonds. The van der Waals surface area contributed by atoms with Crippen LogP contribution in [0, 0.1) is 29.1 Å². The Bertz CT molecular complexity index is 1340. The van der Waals surface area contributed by atoms with Crippen molar-refractivity contribution in [3.05, 3.63) is 65.5 Å². The minimum atomic E-state index is -3.05. The van der Waals surface area contributed by atoms with E-state index in [4.69, 9.17) is 15.9 Å². The largest absolute Gasteiger partial charge is 0.493 e. The van der Waals surface area contributed by atoms with Gasteiger partial charge in [-0.1, -0.05) is 12.5 Å². The molecule has 0 aromatic heterocycles. The molecule has 9 heteroatoms. The first-order chi connectivity index (χ1) is 18.0. The van der Waals surface area contributed by atoms with Crippen LogP contribution >= 0.6 is 0 Å². The summed E-state index contributed by atoms with van der Waals surface area (Å²) in [5.74, 6) is 3.37. The molecule has 0 aliphatic carbocycles. The molecule has 1 N–H and O–H groups in total. The first kappa shape index (κ1) is 27.0. The molecule has 0 atom stereocenters. The summed E-state index contributed by atoms with van der Waals surface area (Å²) in [6, 6.07) is 5.65. The first-order valence-corrected chi connectivity index (χ1v) is 12.2. The molecule has 198 valence electrons. The molecule has 1 saturated heterocycles. The van der Waals surface area contributed by atoms with Gasteiger partial charge in [0.25, 0.3) is 0 Å². The zero-order chi connectivity index (χ0) is 27.7. The monoisotopic (exact) mass is 520 g/mol. The highest BCUT2D eigenvalue weighted by Gasteiger charge is 2.40. The Hall–Kier alpha value is -4.08. The van der Waals surface area contributed by atoms with Gasteiger partial charge in [0.1, 0.15) is 17.3 Å². The summed E-state index contributed by atoms with van der Waals surface area (Å²) < 4.78 is 37.9. The number of hydrogen-bond acceptors (Lipinski definition) is 7. The summed E-state index contributed by atoms with van der Waals surface area (Å²) >= 11 is 0. The standard InChI is InChI=1S/C29H30F2N4O3/c1-6-29(36)17-34(18-29)19(3)12-22-24(37-7-2)13-20(14-25(22)38-27(30)31)23-8-10-33-26-15-21(9-11-35(23)26)28(4,5)16-32/h1,8-9,11,13-15,27,36H,3,7,10,12,17-18H2,2,4-5H3. The van der Waals surface area contributed by atoms with Gasteiger partial charge in [-0.25, -0.2) is 0 Å². The number of β-amino-alcohol motifs (C(OH)–C–C–N with tert-alkyl or cyclic N) is 1. The number of terminal acetylenes is 1. The highest BCUT2D eigenvalue weighted by atomic mass is 19.3. The van der Waals surface area contributed by atoms with Gasteiger partial charge in [0.15, 0.2) is 5.60 Å². The van der Waals surface area contributed by atoms with Crippen LogP contribution in [-0.2, 0) is 6.42 Å². The SMILES string of the molecule is C#CC1(O)CN(C(=C)Cc2c(OCC)cc(C3=CCN=C4C=C(C(C)(C)C#N)C=CN34)cc2OC(F)F)C1. The highest BCUT2D eigenvalue weighted by Crippen LogP contribution is 2.40. The van der Waals surface area contributed by atoms with E-state index in [1.807, 2.05) is 50.1 Å². The van der Waals surface area contributed by atoms with Gasteiger partial charge in [0.2, 0.25) is 0 Å². The number of ether oxygens (including phenoxy) is 2. The summed E-state index contributed by atoms with van der Waals surface area (Å²) in [7, 11) is 0. The Morgan fingerprint density at radius 1 is 1.34 bits per heavy atom. The van der Waals surface area contributed by atoms with E-state index in [1.54, 1.807) is 17.0 Å². The van der Waals surface area contributed by atoms with E-state index in [1.165, 1.54) is 0 Å². The lowest BCUT2D eigenvalue weighted by atomic mass is 9.84. The van der Waals surface area contributed by atoms with E-state index in [-0.39, 0.29) is 25.3 Å². The van der Waals surface area contributed by atoms with Crippen molar-refractivity contribution in [2.24, 2.45) is 10.4 Å². The Morgan fingerprint density at radius 2 is 2.05 bits per heavy atom. The van der Waals surface area contributed by atoms with Gasteiger partial charge < -0.3 is 24.4 Å². The van der Waals surface area contributed by atoms with E-state index in [2.05, 4.69) is 23.6 Å². The van der Waals surface area contributed by atoms with Crippen LogP contribution in [0.15, 0.2) is 59.4 Å². The third kappa shape index (κ3) is 5.29. The molecule has 38 heavy (non-hydrogen) atoms. The van der Waals surface area contributed by atoms with Gasteiger partial charge in [-0.05, 0) is 56.7 Å². The summed E-state index contributed by atoms with van der Waals surface area (Å²) in [5, 5.41) is 19.7. The predicted molar refractivity (Wildman–Crippen MR) is 141 cm³/mol. The number of rotatable bonds is 9. The Morgan fingerprint density at radius 3 is 2.68 bits per heavy atom. The van der Waals surface area contributed by atoms with Crippen LogP contribution in [0.5, 0.6) is 11.5 Å². The minimum Gasteiger partial charge on any atom is -0.493 e. The van der Waals surface area contributed by atoms with Gasteiger partial charge >= 0.3 is 6.61 Å². The molecular formula is C29H30F2N4O3. The lowest BCUT2D eigenvalue weighted by Crippen LogP contribution is -2.60. The smallest absolute Gasteiger partial charge is 0.387 e. The van der Waals surface area contributed by atoms with Crippen LogP contribution < -0.4 is 9.47 Å². The number of nitriles is 1. The molecule has 3 aliphatic heterocycles. The number of hydrogen-bond donors (Lipinski definition) is 1. The second kappa shape index (κ2) is 10.4. The van der Waals surface area contributed by atoms with Crippen molar-refractivity contribution in [1.82, 2.24) is 9.80 Å². The molecule has 4 rings (SSSR count). The number of nitrogens with zero attached hydrogens (tertiary/aromatic N) is 4. The molecule has 0 unspecified atom stereocenters. The summed E-state index contributed by atoms with van der Waals surface area (Å²) in [6.07, 6.45) is 13.0. The number of alkyl halides is 2. The van der Waals surface area contributed by atoms with Crippen LogP contribution in [0.25, 0.3) is 5.70 Å². The van der Waals surface area contributed by atoms with E-state index in [0.717, 1.165) is 11.3 Å². The third-order valence-electron chi connectivity index (χ3n) is 6.71. The molecule has 3 aliphatic rings. The minimum absolute atomic E-state index is 0.0253. The maximum absolute atomic E-state index is 13.5. The van der Waals surface area contributed by atoms with Crippen LogP contribution in [0.4, 0.5) is 8.78 Å². The zero-order valence-corrected chi connectivity index (χ0v) is 21.7. The van der Waals surface area contributed by atoms with Crippen LogP contribution in [0.2, 0.25) is 0 Å². The zero-order valence-electron chi connectivity index (χ0n) is 21.7. The van der Waals surface area contributed by atoms with Gasteiger partial charge in [0.05, 0.1) is 43.4 Å². The second-order valence-corrected chi connectivity index (χ2v) is 9.85. The molecule has 0 saturated carbocycles. The Labute approximate surface area is 221 Å². The maximum Gasteiger partial charge on any atom is 0.387 e. The molecule has 7 nitrogen and oxygen atoms in total. The molecule has 3 heterocycles. The molecule has 0 spiro atoms. The van der Waals surface area contributed by atoms with E-state index < -0.39 is 17.6 Å². The van der Waals surface area contributed by atoms with E-state index >= 15 is 0 Å². The van der Waals surface area contributed by atoms with Crippen LogP contribution in [0.1, 0.15) is 31.9 Å². The van der Waals surface area contributed by atoms with Crippen molar-refractivity contribution in [3.8, 4) is 29.9 Å². The quantitative estimate of drug-likeness (QED) is 0.484. The normalized spacial score (nSPS) is 17.9. The molecule has 0 bridgehead atoms. The van der Waals surface area contributed by atoms with Gasteiger partial charge in [-0.2, -0.15) is 14.0 Å². The lowest BCUT2D eigenvalue weighted by Gasteiger charge is -2.45. The van der Waals surface area contributed by atoms with Crippen LogP contribution in [0.3, 0.4) is 0 Å². The van der Waals surface area contributed by atoms with Crippen molar-refractivity contribution in [2.45, 2.75) is 39.4 Å². The first-order valence-electron chi connectivity index (χ1n) is 12.2. The molecular weight excluding hydrogens is 490 g/mol. The molecule has 1 fully saturated rings. The third-order valence-corrected chi connectivity index (χ3v) is 6.71. The number of halogens is 2. The number of amidine groups is 1. The molecule has 1 aromatic carbocycles. The average Bonchev–Trinajstić information content (AvgIpc) is 2.87. The molecule has 0 radical (unpaired) electrons. The summed E-state index contributed by atoms with van der Waals surface area (Å²) in [5.41, 5.74) is 1.27. The number of benzene rings is 1. The van der Waals surface area contributed by atoms with E-state index in [0.29, 0.717) is 41.6 Å². The van der Waals surface area contributed by atoms with Gasteiger partial charge in [-0.15, -0.1) is 6.42 Å². The average molecular weight is 521 g/mol. The van der Waals surface area contributed by atoms with Crippen molar-refractivity contribution in [2.75, 3.05) is 26.2 Å². The Balaban J connectivity index is 1.68.